The van der Waals surface area contributed by atoms with Crippen LogP contribution in [0.2, 0.25) is 0 Å². The molecule has 0 bridgehead atoms. The molecule has 6 heteroatoms. The predicted octanol–water partition coefficient (Wildman–Crippen LogP) is 1.90. The summed E-state index contributed by atoms with van der Waals surface area (Å²) in [5, 5.41) is 9.59. The summed E-state index contributed by atoms with van der Waals surface area (Å²) in [5.74, 6) is 0.143. The van der Waals surface area contributed by atoms with Crippen LogP contribution in [0.4, 0.5) is 0 Å². The number of phenolic OH excluding ortho intramolecular Hbond substituents is 1. The first-order valence-corrected chi connectivity index (χ1v) is 5.77. The molecule has 0 unspecified atom stereocenters. The Hall–Kier alpha value is -1.79. The van der Waals surface area contributed by atoms with Crippen molar-refractivity contribution in [3.8, 4) is 17.1 Å². The van der Waals surface area contributed by atoms with E-state index in [0.717, 1.165) is 6.07 Å². The number of phenols is 1. The lowest BCUT2D eigenvalue weighted by Gasteiger charge is -2.03. The van der Waals surface area contributed by atoms with Crippen LogP contribution in [0.3, 0.4) is 0 Å². The van der Waals surface area contributed by atoms with Gasteiger partial charge in [0.1, 0.15) is 11.5 Å². The minimum absolute atomic E-state index is 0.273. The van der Waals surface area contributed by atoms with Gasteiger partial charge in [-0.3, -0.25) is 4.55 Å². The highest BCUT2D eigenvalue weighted by molar-refractivity contribution is 7.85. The number of rotatable bonds is 2. The number of benzene rings is 1. The maximum atomic E-state index is 10.8. The lowest BCUT2D eigenvalue weighted by Crippen LogP contribution is -1.97. The summed E-state index contributed by atoms with van der Waals surface area (Å²) in [5.41, 5.74) is 0.359. The molecule has 0 spiro atoms. The molecule has 1 aromatic heterocycles. The molecule has 84 valence electrons. The van der Waals surface area contributed by atoms with Crippen LogP contribution in [-0.2, 0) is 10.1 Å². The van der Waals surface area contributed by atoms with E-state index in [4.69, 9.17) is 8.97 Å². The molecule has 0 saturated carbocycles. The fourth-order valence-corrected chi connectivity index (χ4v) is 1.81. The van der Waals surface area contributed by atoms with Crippen LogP contribution in [0.5, 0.6) is 5.75 Å². The van der Waals surface area contributed by atoms with E-state index in [1.54, 1.807) is 12.1 Å². The van der Waals surface area contributed by atoms with Gasteiger partial charge in [0.15, 0.2) is 0 Å². The van der Waals surface area contributed by atoms with Gasteiger partial charge in [-0.25, -0.2) is 0 Å². The van der Waals surface area contributed by atoms with E-state index in [0.29, 0.717) is 11.3 Å². The van der Waals surface area contributed by atoms with Crippen molar-refractivity contribution in [2.24, 2.45) is 0 Å². The molecule has 2 rings (SSSR count). The lowest BCUT2D eigenvalue weighted by molar-refractivity contribution is 0.465. The summed E-state index contributed by atoms with van der Waals surface area (Å²) >= 11 is 0. The Bertz CT molecular complexity index is 598. The van der Waals surface area contributed by atoms with Crippen LogP contribution >= 0.6 is 0 Å². The highest BCUT2D eigenvalue weighted by atomic mass is 32.2. The molecule has 0 atom stereocenters. The van der Waals surface area contributed by atoms with E-state index >= 15 is 0 Å². The minimum atomic E-state index is -4.30. The highest BCUT2D eigenvalue weighted by Gasteiger charge is 2.14. The minimum Gasteiger partial charge on any atom is -0.507 e. The molecule has 0 radical (unpaired) electrons. The molecule has 1 aromatic carbocycles. The zero-order chi connectivity index (χ0) is 11.8. The molecule has 0 aliphatic rings. The highest BCUT2D eigenvalue weighted by Crippen LogP contribution is 2.31. The molecule has 0 amide bonds. The summed E-state index contributed by atoms with van der Waals surface area (Å²) in [6.07, 6.45) is 1.44. The smallest absolute Gasteiger partial charge is 0.294 e. The average molecular weight is 240 g/mol. The van der Waals surface area contributed by atoms with E-state index < -0.39 is 10.1 Å². The molecule has 2 N–H and O–H groups in total. The third-order valence-corrected chi connectivity index (χ3v) is 2.90. The van der Waals surface area contributed by atoms with Gasteiger partial charge in [-0.1, -0.05) is 0 Å². The van der Waals surface area contributed by atoms with Crippen LogP contribution in [0.1, 0.15) is 0 Å². The van der Waals surface area contributed by atoms with Crippen molar-refractivity contribution in [3.05, 3.63) is 36.6 Å². The largest absolute Gasteiger partial charge is 0.507 e. The molecular weight excluding hydrogens is 232 g/mol. The standard InChI is InChI=1S/C10H8O5S/c11-9-6-7(16(12,13)14)3-4-8(9)10-2-1-5-15-10/h1-6,11H,(H,12,13,14). The van der Waals surface area contributed by atoms with Gasteiger partial charge in [0.25, 0.3) is 10.1 Å². The Labute approximate surface area is 91.7 Å². The van der Waals surface area contributed by atoms with Gasteiger partial charge in [0.05, 0.1) is 16.7 Å². The molecule has 1 heterocycles. The number of hydrogen-bond donors (Lipinski definition) is 2. The van der Waals surface area contributed by atoms with Crippen LogP contribution in [-0.4, -0.2) is 18.1 Å². The molecule has 0 aliphatic carbocycles. The summed E-state index contributed by atoms with van der Waals surface area (Å²) in [6, 6.07) is 6.78. The summed E-state index contributed by atoms with van der Waals surface area (Å²) in [7, 11) is -4.30. The Morgan fingerprint density at radius 2 is 1.94 bits per heavy atom. The second kappa shape index (κ2) is 3.66. The molecule has 2 aromatic rings. The quantitative estimate of drug-likeness (QED) is 0.783. The van der Waals surface area contributed by atoms with Gasteiger partial charge in [0.2, 0.25) is 0 Å². The normalized spacial score (nSPS) is 11.6. The fourth-order valence-electron chi connectivity index (χ4n) is 1.31. The van der Waals surface area contributed by atoms with Gasteiger partial charge < -0.3 is 9.52 Å². The van der Waals surface area contributed by atoms with Gasteiger partial charge >= 0.3 is 0 Å². The van der Waals surface area contributed by atoms with Crippen molar-refractivity contribution in [1.29, 1.82) is 0 Å². The molecule has 0 fully saturated rings. The van der Waals surface area contributed by atoms with Crippen molar-refractivity contribution in [3.63, 3.8) is 0 Å². The van der Waals surface area contributed by atoms with E-state index in [1.165, 1.54) is 18.4 Å². The summed E-state index contributed by atoms with van der Waals surface area (Å²) < 4.78 is 35.4. The maximum Gasteiger partial charge on any atom is 0.294 e. The fraction of sp³-hybridized carbons (Fsp3) is 0. The number of aromatic hydroxyl groups is 1. The van der Waals surface area contributed by atoms with Crippen molar-refractivity contribution in [2.75, 3.05) is 0 Å². The SMILES string of the molecule is O=S(=O)(O)c1ccc(-c2ccco2)c(O)c1. The topological polar surface area (TPSA) is 87.7 Å². The van der Waals surface area contributed by atoms with Gasteiger partial charge in [-0.2, -0.15) is 8.42 Å². The second-order valence-electron chi connectivity index (χ2n) is 3.13. The third kappa shape index (κ3) is 1.93. The number of furan rings is 1. The lowest BCUT2D eigenvalue weighted by atomic mass is 10.1. The molecular formula is C10H8O5S. The second-order valence-corrected chi connectivity index (χ2v) is 4.55. The molecule has 16 heavy (non-hydrogen) atoms. The van der Waals surface area contributed by atoms with E-state index in [1.807, 2.05) is 0 Å². The Kier molecular flexibility index (Phi) is 2.45. The Morgan fingerprint density at radius 1 is 1.19 bits per heavy atom. The van der Waals surface area contributed by atoms with E-state index in [-0.39, 0.29) is 10.6 Å². The van der Waals surface area contributed by atoms with Crippen molar-refractivity contribution < 1.29 is 22.5 Å². The van der Waals surface area contributed by atoms with Gasteiger partial charge in [-0.15, -0.1) is 0 Å². The first kappa shape index (κ1) is 10.7. The van der Waals surface area contributed by atoms with Crippen LogP contribution < -0.4 is 0 Å². The monoisotopic (exact) mass is 240 g/mol. The first-order valence-electron chi connectivity index (χ1n) is 4.33. The van der Waals surface area contributed by atoms with Crippen LogP contribution in [0.15, 0.2) is 45.9 Å². The van der Waals surface area contributed by atoms with Crippen molar-refractivity contribution in [2.45, 2.75) is 4.90 Å². The molecule has 0 saturated heterocycles. The van der Waals surface area contributed by atoms with Crippen LogP contribution in [0, 0.1) is 0 Å². The van der Waals surface area contributed by atoms with Crippen molar-refractivity contribution in [1.82, 2.24) is 0 Å². The van der Waals surface area contributed by atoms with Gasteiger partial charge in [0, 0.05) is 6.07 Å². The summed E-state index contributed by atoms with van der Waals surface area (Å²) in [6.45, 7) is 0. The maximum absolute atomic E-state index is 10.8. The van der Waals surface area contributed by atoms with Crippen LogP contribution in [0.25, 0.3) is 11.3 Å². The van der Waals surface area contributed by atoms with Gasteiger partial charge in [-0.05, 0) is 24.3 Å². The third-order valence-electron chi connectivity index (χ3n) is 2.05. The summed E-state index contributed by atoms with van der Waals surface area (Å²) in [4.78, 5) is -0.361. The Morgan fingerprint density at radius 3 is 2.44 bits per heavy atom. The molecule has 0 aliphatic heterocycles. The van der Waals surface area contributed by atoms with E-state index in [9.17, 15) is 13.5 Å². The average Bonchev–Trinajstić information content (AvgIpc) is 2.69. The van der Waals surface area contributed by atoms with Crippen molar-refractivity contribution >= 4 is 10.1 Å². The number of hydrogen-bond acceptors (Lipinski definition) is 4. The van der Waals surface area contributed by atoms with E-state index in [2.05, 4.69) is 0 Å². The zero-order valence-corrected chi connectivity index (χ0v) is 8.81. The Balaban J connectivity index is 2.54. The predicted molar refractivity (Wildman–Crippen MR) is 55.6 cm³/mol. The first-order chi connectivity index (χ1) is 7.48. The molecule has 5 nitrogen and oxygen atoms in total. The zero-order valence-electron chi connectivity index (χ0n) is 7.99.